The number of amides is 1. The van der Waals surface area contributed by atoms with E-state index in [1.807, 2.05) is 33.8 Å². The molecule has 120 valence electrons. The molecule has 1 atom stereocenters. The van der Waals surface area contributed by atoms with Gasteiger partial charge in [-0.25, -0.2) is 4.68 Å². The number of anilines is 1. The fraction of sp³-hybridized carbons (Fsp3) is 0.500. The molecule has 1 saturated carbocycles. The van der Waals surface area contributed by atoms with E-state index in [4.69, 9.17) is 0 Å². The van der Waals surface area contributed by atoms with Crippen molar-refractivity contribution in [3.63, 3.8) is 0 Å². The third-order valence-corrected chi connectivity index (χ3v) is 5.63. The van der Waals surface area contributed by atoms with Crippen molar-refractivity contribution in [2.75, 3.05) is 11.4 Å². The molecule has 23 heavy (non-hydrogen) atoms. The Balaban J connectivity index is 1.39. The average Bonchev–Trinajstić information content (AvgIpc) is 3.18. The Hall–Kier alpha value is -1.89. The Bertz CT molecular complexity index is 710. The number of tetrazole rings is 1. The summed E-state index contributed by atoms with van der Waals surface area (Å²) in [6.07, 6.45) is 3.20. The molecule has 1 amide bonds. The highest BCUT2D eigenvalue weighted by Crippen LogP contribution is 2.36. The van der Waals surface area contributed by atoms with Crippen molar-refractivity contribution in [1.82, 2.24) is 20.2 Å². The summed E-state index contributed by atoms with van der Waals surface area (Å²) < 4.78 is 1.92. The lowest BCUT2D eigenvalue weighted by Gasteiger charge is -2.16. The maximum Gasteiger partial charge on any atom is 0.240 e. The highest BCUT2D eigenvalue weighted by Gasteiger charge is 2.34. The summed E-state index contributed by atoms with van der Waals surface area (Å²) in [6.45, 7) is 2.84. The van der Waals surface area contributed by atoms with Gasteiger partial charge in [0.2, 0.25) is 5.91 Å². The van der Waals surface area contributed by atoms with Gasteiger partial charge in [-0.05, 0) is 48.7 Å². The van der Waals surface area contributed by atoms with Crippen LogP contribution >= 0.6 is 11.8 Å². The predicted octanol–water partition coefficient (Wildman–Crippen LogP) is 2.36. The molecule has 1 aromatic carbocycles. The van der Waals surface area contributed by atoms with Crippen LogP contribution in [0.15, 0.2) is 24.3 Å². The maximum atomic E-state index is 12.6. The molecule has 0 N–H and O–H groups in total. The molecule has 1 aromatic heterocycles. The molecule has 7 heteroatoms. The van der Waals surface area contributed by atoms with E-state index in [1.54, 1.807) is 11.8 Å². The SMILES string of the molecule is Cc1ccc(N2CCC(SCc3nnnn3C3CC3)C2=O)cc1. The topological polar surface area (TPSA) is 63.9 Å². The number of carbonyl (C=O) groups is 1. The number of aryl methyl sites for hydroxylation is 1. The van der Waals surface area contributed by atoms with Gasteiger partial charge in [-0.2, -0.15) is 0 Å². The molecule has 1 aliphatic heterocycles. The first-order valence-electron chi connectivity index (χ1n) is 7.99. The summed E-state index contributed by atoms with van der Waals surface area (Å²) in [7, 11) is 0. The van der Waals surface area contributed by atoms with Gasteiger partial charge in [-0.15, -0.1) is 16.9 Å². The van der Waals surface area contributed by atoms with Crippen LogP contribution in [0.5, 0.6) is 0 Å². The molecule has 2 aliphatic rings. The second-order valence-corrected chi connectivity index (χ2v) is 7.38. The van der Waals surface area contributed by atoms with Gasteiger partial charge in [0.15, 0.2) is 5.82 Å². The zero-order valence-corrected chi connectivity index (χ0v) is 13.9. The number of rotatable bonds is 5. The van der Waals surface area contributed by atoms with Crippen molar-refractivity contribution < 1.29 is 4.79 Å². The van der Waals surface area contributed by atoms with Gasteiger partial charge in [-0.3, -0.25) is 4.79 Å². The lowest BCUT2D eigenvalue weighted by atomic mass is 10.2. The second kappa shape index (κ2) is 5.96. The van der Waals surface area contributed by atoms with Crippen LogP contribution in [-0.2, 0) is 10.5 Å². The van der Waals surface area contributed by atoms with Gasteiger partial charge in [0.1, 0.15) is 0 Å². The predicted molar refractivity (Wildman–Crippen MR) is 89.3 cm³/mol. The van der Waals surface area contributed by atoms with Crippen molar-refractivity contribution in [3.8, 4) is 0 Å². The molecule has 0 spiro atoms. The summed E-state index contributed by atoms with van der Waals surface area (Å²) in [4.78, 5) is 14.5. The number of carbonyl (C=O) groups excluding carboxylic acids is 1. The van der Waals surface area contributed by atoms with Gasteiger partial charge < -0.3 is 4.90 Å². The number of hydrogen-bond acceptors (Lipinski definition) is 5. The quantitative estimate of drug-likeness (QED) is 0.842. The van der Waals surface area contributed by atoms with Crippen LogP contribution in [0.2, 0.25) is 0 Å². The minimum absolute atomic E-state index is 0.000608. The number of benzene rings is 1. The molecule has 0 bridgehead atoms. The molecule has 0 radical (unpaired) electrons. The Labute approximate surface area is 139 Å². The molecule has 4 rings (SSSR count). The third kappa shape index (κ3) is 2.97. The average molecular weight is 329 g/mol. The van der Waals surface area contributed by atoms with E-state index in [2.05, 4.69) is 22.4 Å². The van der Waals surface area contributed by atoms with Crippen LogP contribution in [0, 0.1) is 6.92 Å². The lowest BCUT2D eigenvalue weighted by Crippen LogP contribution is -2.28. The van der Waals surface area contributed by atoms with Crippen LogP contribution in [0.4, 0.5) is 5.69 Å². The molecular weight excluding hydrogens is 310 g/mol. The fourth-order valence-corrected chi connectivity index (χ4v) is 3.96. The van der Waals surface area contributed by atoms with Gasteiger partial charge in [0.25, 0.3) is 0 Å². The monoisotopic (exact) mass is 329 g/mol. The fourth-order valence-electron chi connectivity index (χ4n) is 2.87. The largest absolute Gasteiger partial charge is 0.311 e. The van der Waals surface area contributed by atoms with Gasteiger partial charge in [0, 0.05) is 12.2 Å². The summed E-state index contributed by atoms with van der Waals surface area (Å²) in [5.74, 6) is 1.78. The van der Waals surface area contributed by atoms with E-state index >= 15 is 0 Å². The number of thioether (sulfide) groups is 1. The first-order valence-corrected chi connectivity index (χ1v) is 9.03. The van der Waals surface area contributed by atoms with E-state index in [0.717, 1.165) is 37.3 Å². The van der Waals surface area contributed by atoms with E-state index in [0.29, 0.717) is 11.8 Å². The molecule has 2 heterocycles. The second-order valence-electron chi connectivity index (χ2n) is 6.18. The minimum Gasteiger partial charge on any atom is -0.311 e. The van der Waals surface area contributed by atoms with Crippen LogP contribution in [0.25, 0.3) is 0 Å². The number of nitrogens with zero attached hydrogens (tertiary/aromatic N) is 5. The van der Waals surface area contributed by atoms with E-state index in [-0.39, 0.29) is 11.2 Å². The van der Waals surface area contributed by atoms with Crippen molar-refractivity contribution in [2.24, 2.45) is 0 Å². The molecule has 2 aromatic rings. The van der Waals surface area contributed by atoms with E-state index < -0.39 is 0 Å². The zero-order valence-electron chi connectivity index (χ0n) is 13.1. The van der Waals surface area contributed by atoms with Gasteiger partial charge in [-0.1, -0.05) is 17.7 Å². The summed E-state index contributed by atoms with van der Waals surface area (Å²) >= 11 is 1.66. The summed E-state index contributed by atoms with van der Waals surface area (Å²) in [5, 5.41) is 11.9. The number of hydrogen-bond donors (Lipinski definition) is 0. The van der Waals surface area contributed by atoms with Crippen molar-refractivity contribution in [1.29, 1.82) is 0 Å². The van der Waals surface area contributed by atoms with E-state index in [9.17, 15) is 4.79 Å². The summed E-state index contributed by atoms with van der Waals surface area (Å²) in [6, 6.07) is 8.62. The van der Waals surface area contributed by atoms with Crippen molar-refractivity contribution >= 4 is 23.4 Å². The van der Waals surface area contributed by atoms with Crippen LogP contribution in [-0.4, -0.2) is 37.9 Å². The molecule has 2 fully saturated rings. The highest BCUT2D eigenvalue weighted by molar-refractivity contribution is 7.99. The zero-order chi connectivity index (χ0) is 15.8. The van der Waals surface area contributed by atoms with Crippen LogP contribution in [0.3, 0.4) is 0 Å². The normalized spacial score (nSPS) is 21.2. The standard InChI is InChI=1S/C16H19N5OS/c1-11-2-4-12(5-3-11)20-9-8-14(16(20)22)23-10-15-17-18-19-21(15)13-6-7-13/h2-5,13-14H,6-10H2,1H3. The Kier molecular flexibility index (Phi) is 3.80. The van der Waals surface area contributed by atoms with Gasteiger partial charge >= 0.3 is 0 Å². The molecular formula is C16H19N5OS. The Morgan fingerprint density at radius 3 is 2.74 bits per heavy atom. The Morgan fingerprint density at radius 1 is 1.22 bits per heavy atom. The third-order valence-electron chi connectivity index (χ3n) is 4.37. The molecule has 1 saturated heterocycles. The lowest BCUT2D eigenvalue weighted by molar-refractivity contribution is -0.116. The summed E-state index contributed by atoms with van der Waals surface area (Å²) in [5.41, 5.74) is 2.20. The Morgan fingerprint density at radius 2 is 2.00 bits per heavy atom. The first-order chi connectivity index (χ1) is 11.2. The van der Waals surface area contributed by atoms with Crippen molar-refractivity contribution in [2.45, 2.75) is 43.2 Å². The van der Waals surface area contributed by atoms with Crippen molar-refractivity contribution in [3.05, 3.63) is 35.7 Å². The minimum atomic E-state index is 0.000608. The van der Waals surface area contributed by atoms with E-state index in [1.165, 1.54) is 5.56 Å². The van der Waals surface area contributed by atoms with Crippen LogP contribution in [0.1, 0.15) is 36.7 Å². The van der Waals surface area contributed by atoms with Crippen LogP contribution < -0.4 is 4.90 Å². The smallest absolute Gasteiger partial charge is 0.240 e. The molecule has 1 unspecified atom stereocenters. The molecule has 1 aliphatic carbocycles. The molecule has 6 nitrogen and oxygen atoms in total. The highest BCUT2D eigenvalue weighted by atomic mass is 32.2. The first kappa shape index (κ1) is 14.7. The maximum absolute atomic E-state index is 12.6. The van der Waals surface area contributed by atoms with Gasteiger partial charge in [0.05, 0.1) is 17.0 Å². The number of aromatic nitrogens is 4.